The number of carbonyl (C=O) groups excluding carboxylic acids is 1. The minimum Gasteiger partial charge on any atom is -0.391 e. The third-order valence-electron chi connectivity index (χ3n) is 5.24. The lowest BCUT2D eigenvalue weighted by Crippen LogP contribution is -2.41. The third-order valence-corrected chi connectivity index (χ3v) is 5.24. The molecule has 2 aromatic rings. The van der Waals surface area contributed by atoms with E-state index in [1.165, 1.54) is 12.1 Å². The number of piperidine rings is 1. The minimum absolute atomic E-state index is 0.0149. The highest BCUT2D eigenvalue weighted by molar-refractivity contribution is 5.94. The summed E-state index contributed by atoms with van der Waals surface area (Å²) in [5.41, 5.74) is 2.97. The van der Waals surface area contributed by atoms with Crippen molar-refractivity contribution in [2.75, 3.05) is 13.1 Å². The maximum absolute atomic E-state index is 12.6. The fraction of sp³-hybridized carbons (Fsp3) is 0.348. The van der Waals surface area contributed by atoms with Gasteiger partial charge in [0.25, 0.3) is 5.69 Å². The van der Waals surface area contributed by atoms with Gasteiger partial charge in [-0.25, -0.2) is 0 Å². The Hall–Kier alpha value is -2.99. The number of hydrogen-bond acceptors (Lipinski definition) is 4. The summed E-state index contributed by atoms with van der Waals surface area (Å²) in [6, 6.07) is 12.6. The van der Waals surface area contributed by atoms with Crippen molar-refractivity contribution < 1.29 is 14.8 Å². The standard InChI is InChI=1S/C23H26N2O4/c1-16(2)19-9-3-4-10-20(19)23-17(7-5-11-21(23)25(28)29)12-13-22(27)24-14-6-8-18(26)15-24/h3-5,7,9-13,16,18,26H,6,8,14-15H2,1-2H3/b13-12+. The molecule has 3 rings (SSSR count). The number of β-amino-alcohol motifs (C(OH)–C–C–N with tert-alkyl or cyclic N) is 1. The summed E-state index contributed by atoms with van der Waals surface area (Å²) in [4.78, 5) is 25.5. The van der Waals surface area contributed by atoms with Crippen LogP contribution in [0.5, 0.6) is 0 Å². The molecule has 1 aliphatic rings. The summed E-state index contributed by atoms with van der Waals surface area (Å²) in [6.07, 6.45) is 4.06. The lowest BCUT2D eigenvalue weighted by molar-refractivity contribution is -0.384. The summed E-state index contributed by atoms with van der Waals surface area (Å²) < 4.78 is 0. The molecule has 1 aliphatic heterocycles. The maximum Gasteiger partial charge on any atom is 0.277 e. The van der Waals surface area contributed by atoms with E-state index in [1.54, 1.807) is 23.1 Å². The Balaban J connectivity index is 2.03. The molecule has 1 unspecified atom stereocenters. The van der Waals surface area contributed by atoms with Crippen molar-refractivity contribution in [3.8, 4) is 11.1 Å². The van der Waals surface area contributed by atoms with Crippen molar-refractivity contribution in [3.63, 3.8) is 0 Å². The van der Waals surface area contributed by atoms with Gasteiger partial charge in [0.1, 0.15) is 0 Å². The second-order valence-electron chi connectivity index (χ2n) is 7.65. The van der Waals surface area contributed by atoms with E-state index < -0.39 is 6.10 Å². The van der Waals surface area contributed by atoms with Crippen LogP contribution in [0.3, 0.4) is 0 Å². The summed E-state index contributed by atoms with van der Waals surface area (Å²) in [7, 11) is 0. The van der Waals surface area contributed by atoms with Crippen LogP contribution in [0.15, 0.2) is 48.5 Å². The van der Waals surface area contributed by atoms with E-state index in [4.69, 9.17) is 0 Å². The van der Waals surface area contributed by atoms with Gasteiger partial charge in [0.05, 0.1) is 16.6 Å². The van der Waals surface area contributed by atoms with Crippen molar-refractivity contribution in [1.82, 2.24) is 4.90 Å². The Kier molecular flexibility index (Phi) is 6.44. The highest BCUT2D eigenvalue weighted by atomic mass is 16.6. The van der Waals surface area contributed by atoms with Crippen LogP contribution in [0, 0.1) is 10.1 Å². The number of benzene rings is 2. The SMILES string of the molecule is CC(C)c1ccccc1-c1c(/C=C/C(=O)N2CCCC(O)C2)cccc1[N+](=O)[O-]. The van der Waals surface area contributed by atoms with Gasteiger partial charge in [-0.3, -0.25) is 14.9 Å². The number of amides is 1. The van der Waals surface area contributed by atoms with Gasteiger partial charge in [-0.15, -0.1) is 0 Å². The number of likely N-dealkylation sites (tertiary alicyclic amines) is 1. The number of nitro groups is 1. The molecule has 1 fully saturated rings. The Bertz CT molecular complexity index is 936. The predicted molar refractivity (Wildman–Crippen MR) is 113 cm³/mol. The molecule has 0 aliphatic carbocycles. The molecule has 0 spiro atoms. The molecule has 29 heavy (non-hydrogen) atoms. The molecule has 152 valence electrons. The van der Waals surface area contributed by atoms with Crippen molar-refractivity contribution in [1.29, 1.82) is 0 Å². The first-order chi connectivity index (χ1) is 13.9. The Morgan fingerprint density at radius 2 is 2.00 bits per heavy atom. The predicted octanol–water partition coefficient (Wildman–Crippen LogP) is 4.38. The molecule has 2 aromatic carbocycles. The molecule has 6 nitrogen and oxygen atoms in total. The number of carbonyl (C=O) groups is 1. The molecule has 1 N–H and O–H groups in total. The zero-order valence-electron chi connectivity index (χ0n) is 16.7. The molecule has 6 heteroatoms. The smallest absolute Gasteiger partial charge is 0.277 e. The van der Waals surface area contributed by atoms with Gasteiger partial charge in [-0.1, -0.05) is 50.2 Å². The van der Waals surface area contributed by atoms with Crippen LogP contribution in [0.1, 0.15) is 43.7 Å². The summed E-state index contributed by atoms with van der Waals surface area (Å²) in [5, 5.41) is 21.5. The summed E-state index contributed by atoms with van der Waals surface area (Å²) in [6.45, 7) is 5.03. The zero-order valence-corrected chi connectivity index (χ0v) is 16.7. The first kappa shape index (κ1) is 20.7. The second-order valence-corrected chi connectivity index (χ2v) is 7.65. The van der Waals surface area contributed by atoms with E-state index in [0.29, 0.717) is 30.6 Å². The van der Waals surface area contributed by atoms with E-state index >= 15 is 0 Å². The molecule has 0 radical (unpaired) electrons. The van der Waals surface area contributed by atoms with E-state index in [0.717, 1.165) is 17.5 Å². The van der Waals surface area contributed by atoms with Crippen LogP contribution in [0.25, 0.3) is 17.2 Å². The lowest BCUT2D eigenvalue weighted by atomic mass is 9.89. The van der Waals surface area contributed by atoms with Crippen molar-refractivity contribution in [2.45, 2.75) is 38.7 Å². The van der Waals surface area contributed by atoms with Gasteiger partial charge in [0, 0.05) is 25.2 Å². The third kappa shape index (κ3) is 4.71. The van der Waals surface area contributed by atoms with E-state index in [9.17, 15) is 20.0 Å². The number of aliphatic hydroxyl groups is 1. The largest absolute Gasteiger partial charge is 0.391 e. The zero-order chi connectivity index (χ0) is 21.0. The average molecular weight is 394 g/mol. The highest BCUT2D eigenvalue weighted by Crippen LogP contribution is 2.38. The number of nitrogens with zero attached hydrogens (tertiary/aromatic N) is 2. The van der Waals surface area contributed by atoms with Gasteiger partial charge in [-0.2, -0.15) is 0 Å². The molecule has 0 saturated carbocycles. The number of rotatable bonds is 5. The lowest BCUT2D eigenvalue weighted by Gasteiger charge is -2.29. The van der Waals surface area contributed by atoms with Crippen LogP contribution in [-0.4, -0.2) is 40.0 Å². The second kappa shape index (κ2) is 9.01. The molecule has 1 amide bonds. The highest BCUT2D eigenvalue weighted by Gasteiger charge is 2.23. The van der Waals surface area contributed by atoms with Gasteiger partial charge in [-0.05, 0) is 41.5 Å². The number of nitro benzene ring substituents is 1. The van der Waals surface area contributed by atoms with Crippen LogP contribution in [-0.2, 0) is 4.79 Å². The quantitative estimate of drug-likeness (QED) is 0.463. The number of hydrogen-bond donors (Lipinski definition) is 1. The summed E-state index contributed by atoms with van der Waals surface area (Å²) >= 11 is 0. The van der Waals surface area contributed by atoms with Crippen molar-refractivity contribution in [2.24, 2.45) is 0 Å². The molecule has 1 saturated heterocycles. The Labute approximate surface area is 170 Å². The van der Waals surface area contributed by atoms with Crippen LogP contribution < -0.4 is 0 Å². The Morgan fingerprint density at radius 1 is 1.24 bits per heavy atom. The fourth-order valence-corrected chi connectivity index (χ4v) is 3.79. The summed E-state index contributed by atoms with van der Waals surface area (Å²) in [5.74, 6) is -0.00217. The molecular formula is C23H26N2O4. The van der Waals surface area contributed by atoms with Crippen LogP contribution in [0.4, 0.5) is 5.69 Å². The van der Waals surface area contributed by atoms with Gasteiger partial charge in [0.15, 0.2) is 0 Å². The molecule has 1 heterocycles. The maximum atomic E-state index is 12.6. The van der Waals surface area contributed by atoms with Crippen LogP contribution >= 0.6 is 0 Å². The van der Waals surface area contributed by atoms with Gasteiger partial charge in [0.2, 0.25) is 5.91 Å². The van der Waals surface area contributed by atoms with Gasteiger partial charge >= 0.3 is 0 Å². The van der Waals surface area contributed by atoms with E-state index in [-0.39, 0.29) is 22.4 Å². The van der Waals surface area contributed by atoms with E-state index in [1.807, 2.05) is 38.1 Å². The first-order valence-electron chi connectivity index (χ1n) is 9.90. The minimum atomic E-state index is -0.493. The molecule has 0 bridgehead atoms. The Morgan fingerprint density at radius 3 is 2.69 bits per heavy atom. The monoisotopic (exact) mass is 394 g/mol. The van der Waals surface area contributed by atoms with Crippen molar-refractivity contribution >= 4 is 17.7 Å². The van der Waals surface area contributed by atoms with Crippen molar-refractivity contribution in [3.05, 3.63) is 69.8 Å². The van der Waals surface area contributed by atoms with Gasteiger partial charge < -0.3 is 10.0 Å². The molecule has 1 atom stereocenters. The number of aliphatic hydroxyl groups excluding tert-OH is 1. The molecular weight excluding hydrogens is 368 g/mol. The van der Waals surface area contributed by atoms with E-state index in [2.05, 4.69) is 0 Å². The molecule has 0 aromatic heterocycles. The fourth-order valence-electron chi connectivity index (χ4n) is 3.79. The first-order valence-corrected chi connectivity index (χ1v) is 9.90. The van der Waals surface area contributed by atoms with Crippen LogP contribution in [0.2, 0.25) is 0 Å². The normalized spacial score (nSPS) is 17.1. The topological polar surface area (TPSA) is 83.7 Å². The average Bonchev–Trinajstić information content (AvgIpc) is 2.71.